The summed E-state index contributed by atoms with van der Waals surface area (Å²) in [5.41, 5.74) is -0.395. The summed E-state index contributed by atoms with van der Waals surface area (Å²) in [6.07, 6.45) is 1.15. The smallest absolute Gasteiger partial charge is 0.306 e. The Morgan fingerprint density at radius 2 is 1.42 bits per heavy atom. The summed E-state index contributed by atoms with van der Waals surface area (Å²) in [6, 6.07) is 21.0. The molecule has 0 amide bonds. The first-order valence-corrected chi connectivity index (χ1v) is 11.1. The lowest BCUT2D eigenvalue weighted by Gasteiger charge is -2.53. The van der Waals surface area contributed by atoms with Gasteiger partial charge in [0.2, 0.25) is 0 Å². The Bertz CT molecular complexity index is 719. The van der Waals surface area contributed by atoms with E-state index in [0.29, 0.717) is 12.8 Å². The van der Waals surface area contributed by atoms with Gasteiger partial charge in [-0.05, 0) is 35.2 Å². The molecule has 1 fully saturated rings. The van der Waals surface area contributed by atoms with Crippen molar-refractivity contribution in [3.05, 3.63) is 60.7 Å². The summed E-state index contributed by atoms with van der Waals surface area (Å²) in [6.45, 7) is 8.81. The molecule has 26 heavy (non-hydrogen) atoms. The van der Waals surface area contributed by atoms with Crippen LogP contribution in [0.4, 0.5) is 0 Å². The highest BCUT2D eigenvalue weighted by Gasteiger charge is 2.57. The zero-order valence-corrected chi connectivity index (χ0v) is 17.0. The fourth-order valence-corrected chi connectivity index (χ4v) is 9.10. The lowest BCUT2D eigenvalue weighted by atomic mass is 9.72. The normalized spacial score (nSPS) is 23.3. The molecule has 3 rings (SSSR count). The first-order chi connectivity index (χ1) is 12.2. The number of hydrogen-bond donors (Lipinski definition) is 1. The Hall–Kier alpha value is -1.91. The molecule has 0 atom stereocenters. The molecule has 0 aliphatic heterocycles. The second-order valence-corrected chi connectivity index (χ2v) is 12.9. The van der Waals surface area contributed by atoms with Crippen molar-refractivity contribution in [1.82, 2.24) is 0 Å². The highest BCUT2D eigenvalue weighted by Crippen LogP contribution is 2.47. The largest absolute Gasteiger partial charge is 0.481 e. The van der Waals surface area contributed by atoms with E-state index in [1.165, 1.54) is 10.4 Å². The summed E-state index contributed by atoms with van der Waals surface area (Å²) in [5.74, 6) is -1.01. The Kier molecular flexibility index (Phi) is 4.84. The van der Waals surface area contributed by atoms with Gasteiger partial charge in [-0.25, -0.2) is 0 Å². The molecule has 1 saturated carbocycles. The van der Waals surface area contributed by atoms with Crippen molar-refractivity contribution in [2.24, 2.45) is 5.92 Å². The van der Waals surface area contributed by atoms with Crippen LogP contribution in [-0.4, -0.2) is 25.0 Å². The van der Waals surface area contributed by atoms with Gasteiger partial charge in [0.05, 0.1) is 11.5 Å². The summed E-state index contributed by atoms with van der Waals surface area (Å²) < 4.78 is 7.05. The van der Waals surface area contributed by atoms with Gasteiger partial charge in [-0.15, -0.1) is 0 Å². The SMILES string of the molecule is CC1(O[Si](c2ccccc2)(c2ccccc2)C(C)(C)C)CC(C(=O)O)C1. The second-order valence-electron chi connectivity index (χ2n) is 8.66. The number of hydrogen-bond acceptors (Lipinski definition) is 2. The van der Waals surface area contributed by atoms with Gasteiger partial charge in [0, 0.05) is 0 Å². The fourth-order valence-electron chi connectivity index (χ4n) is 4.26. The van der Waals surface area contributed by atoms with Crippen LogP contribution in [0.2, 0.25) is 5.04 Å². The highest BCUT2D eigenvalue weighted by molar-refractivity contribution is 6.99. The highest BCUT2D eigenvalue weighted by atomic mass is 28.4. The standard InChI is InChI=1S/C22H28O3Si/c1-21(2,3)26(18-11-7-5-8-12-18,19-13-9-6-10-14-19)25-22(4)15-17(16-22)20(23)24/h5-14,17H,15-16H2,1-4H3,(H,23,24). The van der Waals surface area contributed by atoms with Gasteiger partial charge in [-0.2, -0.15) is 0 Å². The lowest BCUT2D eigenvalue weighted by Crippen LogP contribution is -2.70. The van der Waals surface area contributed by atoms with Crippen LogP contribution in [0.3, 0.4) is 0 Å². The molecule has 0 radical (unpaired) electrons. The quantitative estimate of drug-likeness (QED) is 0.816. The molecule has 1 aliphatic rings. The minimum absolute atomic E-state index is 0.0903. The summed E-state index contributed by atoms with van der Waals surface area (Å²) >= 11 is 0. The maximum Gasteiger partial charge on any atom is 0.306 e. The van der Waals surface area contributed by atoms with Crippen LogP contribution in [-0.2, 0) is 9.22 Å². The molecule has 0 bridgehead atoms. The van der Waals surface area contributed by atoms with Gasteiger partial charge in [0.1, 0.15) is 0 Å². The maximum atomic E-state index is 11.3. The molecule has 1 aliphatic carbocycles. The van der Waals surface area contributed by atoms with Gasteiger partial charge in [0.25, 0.3) is 8.32 Å². The van der Waals surface area contributed by atoms with Crippen molar-refractivity contribution in [3.8, 4) is 0 Å². The van der Waals surface area contributed by atoms with E-state index in [1.54, 1.807) is 0 Å². The summed E-state index contributed by atoms with van der Waals surface area (Å²) in [7, 11) is -2.61. The Labute approximate surface area is 157 Å². The Morgan fingerprint density at radius 1 is 1.00 bits per heavy atom. The number of carboxylic acids is 1. The minimum atomic E-state index is -2.61. The molecular formula is C22H28O3Si. The van der Waals surface area contributed by atoms with Gasteiger partial charge in [-0.3, -0.25) is 4.79 Å². The molecule has 2 aromatic carbocycles. The van der Waals surface area contributed by atoms with Crippen molar-refractivity contribution < 1.29 is 14.3 Å². The van der Waals surface area contributed by atoms with E-state index in [-0.39, 0.29) is 11.0 Å². The van der Waals surface area contributed by atoms with Crippen molar-refractivity contribution >= 4 is 24.7 Å². The first-order valence-electron chi connectivity index (χ1n) is 9.22. The molecule has 0 aromatic heterocycles. The predicted octanol–water partition coefficient (Wildman–Crippen LogP) is 3.82. The lowest BCUT2D eigenvalue weighted by molar-refractivity contribution is -0.154. The van der Waals surface area contributed by atoms with Crippen LogP contribution in [0.25, 0.3) is 0 Å². The minimum Gasteiger partial charge on any atom is -0.481 e. The van der Waals surface area contributed by atoms with Crippen LogP contribution < -0.4 is 10.4 Å². The third kappa shape index (κ3) is 3.24. The molecule has 1 N–H and O–H groups in total. The van der Waals surface area contributed by atoms with E-state index in [4.69, 9.17) is 4.43 Å². The third-order valence-electron chi connectivity index (χ3n) is 5.52. The average molecular weight is 369 g/mol. The monoisotopic (exact) mass is 368 g/mol. The molecular weight excluding hydrogens is 340 g/mol. The van der Waals surface area contributed by atoms with Crippen LogP contribution in [0.1, 0.15) is 40.5 Å². The number of rotatable bonds is 5. The molecule has 0 unspecified atom stereocenters. The van der Waals surface area contributed by atoms with E-state index in [9.17, 15) is 9.90 Å². The zero-order chi connectivity index (χ0) is 19.0. The van der Waals surface area contributed by atoms with E-state index in [2.05, 4.69) is 76.2 Å². The van der Waals surface area contributed by atoms with Gasteiger partial charge < -0.3 is 9.53 Å². The van der Waals surface area contributed by atoms with Crippen LogP contribution in [0.5, 0.6) is 0 Å². The Balaban J connectivity index is 2.11. The molecule has 138 valence electrons. The summed E-state index contributed by atoms with van der Waals surface area (Å²) in [4.78, 5) is 11.3. The number of benzene rings is 2. The molecule has 0 spiro atoms. The maximum absolute atomic E-state index is 11.3. The van der Waals surface area contributed by atoms with E-state index in [0.717, 1.165) is 0 Å². The predicted molar refractivity (Wildman–Crippen MR) is 107 cm³/mol. The van der Waals surface area contributed by atoms with E-state index in [1.807, 2.05) is 12.1 Å². The van der Waals surface area contributed by atoms with Crippen molar-refractivity contribution in [3.63, 3.8) is 0 Å². The van der Waals surface area contributed by atoms with Crippen LogP contribution >= 0.6 is 0 Å². The van der Waals surface area contributed by atoms with Gasteiger partial charge >= 0.3 is 5.97 Å². The van der Waals surface area contributed by atoms with Gasteiger partial charge in [0.15, 0.2) is 0 Å². The molecule has 3 nitrogen and oxygen atoms in total. The van der Waals surface area contributed by atoms with Crippen molar-refractivity contribution in [1.29, 1.82) is 0 Å². The molecule has 0 heterocycles. The number of aliphatic carboxylic acids is 1. The van der Waals surface area contributed by atoms with E-state index < -0.39 is 19.9 Å². The Morgan fingerprint density at radius 3 is 1.77 bits per heavy atom. The van der Waals surface area contributed by atoms with Crippen molar-refractivity contribution in [2.45, 2.75) is 51.2 Å². The molecule has 0 saturated heterocycles. The third-order valence-corrected chi connectivity index (χ3v) is 10.7. The second kappa shape index (κ2) is 6.67. The van der Waals surface area contributed by atoms with E-state index >= 15 is 0 Å². The zero-order valence-electron chi connectivity index (χ0n) is 16.0. The van der Waals surface area contributed by atoms with Crippen LogP contribution in [0, 0.1) is 5.92 Å². The number of carbonyl (C=O) groups is 1. The first kappa shape index (κ1) is 18.9. The van der Waals surface area contributed by atoms with Crippen molar-refractivity contribution in [2.75, 3.05) is 0 Å². The van der Waals surface area contributed by atoms with Crippen LogP contribution in [0.15, 0.2) is 60.7 Å². The molecule has 4 heteroatoms. The average Bonchev–Trinajstić information content (AvgIpc) is 2.57. The topological polar surface area (TPSA) is 46.5 Å². The molecule has 2 aromatic rings. The number of carboxylic acid groups (broad SMARTS) is 1. The summed E-state index contributed by atoms with van der Waals surface area (Å²) in [5, 5.41) is 11.7. The fraction of sp³-hybridized carbons (Fsp3) is 0.409. The van der Waals surface area contributed by atoms with Gasteiger partial charge in [-0.1, -0.05) is 81.4 Å².